The van der Waals surface area contributed by atoms with Crippen LogP contribution in [0.1, 0.15) is 24.7 Å². The van der Waals surface area contributed by atoms with Gasteiger partial charge in [0, 0.05) is 22.7 Å². The van der Waals surface area contributed by atoms with Gasteiger partial charge >= 0.3 is 0 Å². The molecule has 4 nitrogen and oxygen atoms in total. The summed E-state index contributed by atoms with van der Waals surface area (Å²) in [6.45, 7) is 2.34. The zero-order valence-corrected chi connectivity index (χ0v) is 13.7. The second-order valence-electron chi connectivity index (χ2n) is 5.14. The molecule has 0 radical (unpaired) electrons. The highest BCUT2D eigenvalue weighted by atomic mass is 79.9. The first-order valence-corrected chi connectivity index (χ1v) is 7.90. The zero-order valence-electron chi connectivity index (χ0n) is 12.1. The van der Waals surface area contributed by atoms with Crippen LogP contribution in [0.2, 0.25) is 0 Å². The summed E-state index contributed by atoms with van der Waals surface area (Å²) in [4.78, 5) is 19.3. The number of halogens is 2. The summed E-state index contributed by atoms with van der Waals surface area (Å²) >= 11 is 3.25. The number of hydrogen-bond acceptors (Lipinski definition) is 2. The molecule has 2 aromatic heterocycles. The van der Waals surface area contributed by atoms with Gasteiger partial charge < -0.3 is 9.55 Å². The largest absolute Gasteiger partial charge is 0.327 e. The van der Waals surface area contributed by atoms with Crippen LogP contribution in [-0.2, 0) is 13.0 Å². The molecule has 0 fully saturated rings. The maximum atomic E-state index is 14.1. The van der Waals surface area contributed by atoms with E-state index in [-0.39, 0.29) is 17.9 Å². The molecule has 0 spiro atoms. The lowest BCUT2D eigenvalue weighted by atomic mass is 10.2. The van der Waals surface area contributed by atoms with Crippen molar-refractivity contribution in [3.63, 3.8) is 0 Å². The zero-order chi connectivity index (χ0) is 15.7. The SMILES string of the molecule is CCCc1nc2cc[nH]c(=O)c2n1Cc1ccc(Br)cc1F. The summed E-state index contributed by atoms with van der Waals surface area (Å²) in [5, 5.41) is 0. The van der Waals surface area contributed by atoms with Gasteiger partial charge in [-0.05, 0) is 24.6 Å². The quantitative estimate of drug-likeness (QED) is 0.769. The molecular formula is C16H15BrFN3O. The second kappa shape index (κ2) is 6.04. The summed E-state index contributed by atoms with van der Waals surface area (Å²) in [7, 11) is 0. The molecule has 2 heterocycles. The van der Waals surface area contributed by atoms with Crippen molar-refractivity contribution in [3.05, 3.63) is 62.5 Å². The predicted molar refractivity (Wildman–Crippen MR) is 87.6 cm³/mol. The van der Waals surface area contributed by atoms with Gasteiger partial charge in [0.05, 0.1) is 12.1 Å². The molecule has 3 aromatic rings. The van der Waals surface area contributed by atoms with E-state index in [0.717, 1.165) is 18.7 Å². The summed E-state index contributed by atoms with van der Waals surface area (Å²) in [6, 6.07) is 6.71. The van der Waals surface area contributed by atoms with E-state index in [2.05, 4.69) is 25.9 Å². The Labute approximate surface area is 135 Å². The van der Waals surface area contributed by atoms with Gasteiger partial charge in [-0.2, -0.15) is 0 Å². The van der Waals surface area contributed by atoms with Gasteiger partial charge in [-0.25, -0.2) is 9.37 Å². The van der Waals surface area contributed by atoms with Crippen LogP contribution < -0.4 is 5.56 Å². The van der Waals surface area contributed by atoms with E-state index in [4.69, 9.17) is 0 Å². The number of aromatic nitrogens is 3. The summed E-state index contributed by atoms with van der Waals surface area (Å²) < 4.78 is 16.6. The van der Waals surface area contributed by atoms with E-state index in [0.29, 0.717) is 21.1 Å². The van der Waals surface area contributed by atoms with Gasteiger partial charge in [0.1, 0.15) is 17.2 Å². The van der Waals surface area contributed by atoms with E-state index in [9.17, 15) is 9.18 Å². The van der Waals surface area contributed by atoms with Crippen molar-refractivity contribution in [1.82, 2.24) is 14.5 Å². The minimum Gasteiger partial charge on any atom is -0.327 e. The van der Waals surface area contributed by atoms with Gasteiger partial charge in [0.2, 0.25) is 0 Å². The van der Waals surface area contributed by atoms with Crippen LogP contribution in [0.4, 0.5) is 4.39 Å². The maximum absolute atomic E-state index is 14.1. The van der Waals surface area contributed by atoms with E-state index in [1.54, 1.807) is 24.4 Å². The number of nitrogens with one attached hydrogen (secondary N) is 1. The molecule has 0 aliphatic rings. The fourth-order valence-corrected chi connectivity index (χ4v) is 2.88. The minimum absolute atomic E-state index is 0.204. The highest BCUT2D eigenvalue weighted by Crippen LogP contribution is 2.20. The minimum atomic E-state index is -0.300. The summed E-state index contributed by atoms with van der Waals surface area (Å²) in [5.41, 5.74) is 1.46. The number of aromatic amines is 1. The lowest BCUT2D eigenvalue weighted by Gasteiger charge is -2.09. The van der Waals surface area contributed by atoms with Crippen LogP contribution in [0.15, 0.2) is 39.7 Å². The number of pyridine rings is 1. The smallest absolute Gasteiger partial charge is 0.274 e. The van der Waals surface area contributed by atoms with Gasteiger partial charge in [0.15, 0.2) is 0 Å². The molecule has 0 bridgehead atoms. The van der Waals surface area contributed by atoms with E-state index >= 15 is 0 Å². The average molecular weight is 364 g/mol. The van der Waals surface area contributed by atoms with Crippen molar-refractivity contribution < 1.29 is 4.39 Å². The third kappa shape index (κ3) is 2.70. The average Bonchev–Trinajstić information content (AvgIpc) is 2.81. The highest BCUT2D eigenvalue weighted by molar-refractivity contribution is 9.10. The fourth-order valence-electron chi connectivity index (χ4n) is 2.54. The molecule has 0 aliphatic carbocycles. The number of imidazole rings is 1. The topological polar surface area (TPSA) is 50.7 Å². The van der Waals surface area contributed by atoms with Crippen LogP contribution in [-0.4, -0.2) is 14.5 Å². The number of fused-ring (bicyclic) bond motifs is 1. The van der Waals surface area contributed by atoms with Crippen molar-refractivity contribution in [1.29, 1.82) is 0 Å². The molecule has 1 N–H and O–H groups in total. The van der Waals surface area contributed by atoms with Crippen molar-refractivity contribution in [2.75, 3.05) is 0 Å². The van der Waals surface area contributed by atoms with E-state index < -0.39 is 0 Å². The van der Waals surface area contributed by atoms with E-state index in [1.807, 2.05) is 11.5 Å². The fraction of sp³-hybridized carbons (Fsp3) is 0.250. The van der Waals surface area contributed by atoms with Crippen LogP contribution in [0.3, 0.4) is 0 Å². The number of hydrogen-bond donors (Lipinski definition) is 1. The molecule has 0 aliphatic heterocycles. The standard InChI is InChI=1S/C16H15BrFN3O/c1-2-3-14-20-13-6-7-19-16(22)15(13)21(14)9-10-4-5-11(17)8-12(10)18/h4-8H,2-3,9H2,1H3,(H,19,22). The van der Waals surface area contributed by atoms with E-state index in [1.165, 1.54) is 6.07 Å². The third-order valence-electron chi connectivity index (χ3n) is 3.56. The van der Waals surface area contributed by atoms with Crippen molar-refractivity contribution in [3.8, 4) is 0 Å². The first kappa shape index (κ1) is 15.0. The molecular weight excluding hydrogens is 349 g/mol. The Morgan fingerprint density at radius 3 is 2.91 bits per heavy atom. The van der Waals surface area contributed by atoms with Crippen molar-refractivity contribution >= 4 is 27.0 Å². The van der Waals surface area contributed by atoms with Crippen molar-refractivity contribution in [2.24, 2.45) is 0 Å². The molecule has 0 atom stereocenters. The number of aryl methyl sites for hydroxylation is 1. The number of rotatable bonds is 4. The summed E-state index contributed by atoms with van der Waals surface area (Å²) in [6.07, 6.45) is 3.23. The Hall–Kier alpha value is -1.95. The Kier molecular flexibility index (Phi) is 4.11. The molecule has 114 valence electrons. The van der Waals surface area contributed by atoms with Gasteiger partial charge in [-0.1, -0.05) is 28.9 Å². The first-order valence-electron chi connectivity index (χ1n) is 7.11. The molecule has 6 heteroatoms. The van der Waals surface area contributed by atoms with Crippen LogP contribution in [0.5, 0.6) is 0 Å². The molecule has 3 rings (SSSR count). The highest BCUT2D eigenvalue weighted by Gasteiger charge is 2.15. The maximum Gasteiger partial charge on any atom is 0.274 e. The summed E-state index contributed by atoms with van der Waals surface area (Å²) in [5.74, 6) is 0.502. The van der Waals surface area contributed by atoms with Gasteiger partial charge in [-0.3, -0.25) is 4.79 Å². The van der Waals surface area contributed by atoms with Crippen molar-refractivity contribution in [2.45, 2.75) is 26.3 Å². The van der Waals surface area contributed by atoms with Crippen LogP contribution >= 0.6 is 15.9 Å². The second-order valence-corrected chi connectivity index (χ2v) is 6.06. The Bertz CT molecular complexity index is 885. The van der Waals surface area contributed by atoms with Gasteiger partial charge in [0.25, 0.3) is 5.56 Å². The first-order chi connectivity index (χ1) is 10.6. The lowest BCUT2D eigenvalue weighted by Crippen LogP contribution is -2.13. The predicted octanol–water partition coefficient (Wildman–Crippen LogP) is 3.63. The van der Waals surface area contributed by atoms with Gasteiger partial charge in [-0.15, -0.1) is 0 Å². The normalized spacial score (nSPS) is 11.2. The molecule has 1 aromatic carbocycles. The Balaban J connectivity index is 2.15. The molecule has 0 saturated carbocycles. The third-order valence-corrected chi connectivity index (χ3v) is 4.05. The lowest BCUT2D eigenvalue weighted by molar-refractivity contribution is 0.595. The monoisotopic (exact) mass is 363 g/mol. The number of benzene rings is 1. The van der Waals surface area contributed by atoms with Crippen LogP contribution in [0, 0.1) is 5.82 Å². The van der Waals surface area contributed by atoms with Crippen LogP contribution in [0.25, 0.3) is 11.0 Å². The number of H-pyrrole nitrogens is 1. The molecule has 0 amide bonds. The molecule has 0 unspecified atom stereocenters. The Morgan fingerprint density at radius 2 is 2.18 bits per heavy atom. The molecule has 22 heavy (non-hydrogen) atoms. The molecule has 0 saturated heterocycles. The Morgan fingerprint density at radius 1 is 1.36 bits per heavy atom. The number of nitrogens with zero attached hydrogens (tertiary/aromatic N) is 2.